The SMILES string of the molecule is Cc1cc(C)cc(-c2cc(-c3ccccc3)c3c4ccccc4c4cc(N(c5ccc6c(c5)C(C)(C)c5ccccc5-6)c5ccc6c(c5)C(C)(C)c5ccccc5-6)ccc4c3c2-c2ccccc2)c1. The lowest BCUT2D eigenvalue weighted by Crippen LogP contribution is -2.18. The van der Waals surface area contributed by atoms with Crippen LogP contribution in [0.15, 0.2) is 212 Å². The molecule has 0 aliphatic heterocycles. The van der Waals surface area contributed by atoms with Gasteiger partial charge in [-0.1, -0.05) is 209 Å². The normalized spacial score (nSPS) is 13.9. The molecule has 1 nitrogen and oxygen atoms in total. The van der Waals surface area contributed by atoms with Crippen molar-refractivity contribution in [3.63, 3.8) is 0 Å². The van der Waals surface area contributed by atoms with Crippen LogP contribution >= 0.6 is 0 Å². The molecule has 0 N–H and O–H groups in total. The summed E-state index contributed by atoms with van der Waals surface area (Å²) in [5.41, 5.74) is 23.9. The molecule has 0 radical (unpaired) electrons. The summed E-state index contributed by atoms with van der Waals surface area (Å²) >= 11 is 0. The molecule has 330 valence electrons. The van der Waals surface area contributed by atoms with Crippen LogP contribution in [-0.2, 0) is 10.8 Å². The van der Waals surface area contributed by atoms with Gasteiger partial charge in [0.15, 0.2) is 0 Å². The van der Waals surface area contributed by atoms with Gasteiger partial charge in [-0.05, 0) is 167 Å². The summed E-state index contributed by atoms with van der Waals surface area (Å²) in [5, 5.41) is 7.52. The highest BCUT2D eigenvalue weighted by Crippen LogP contribution is 2.55. The number of fused-ring (bicyclic) bond motifs is 12. The second kappa shape index (κ2) is 15.3. The monoisotopic (exact) mass is 883 g/mol. The van der Waals surface area contributed by atoms with Crippen LogP contribution in [0.25, 0.3) is 88.0 Å². The molecule has 0 aromatic heterocycles. The van der Waals surface area contributed by atoms with Crippen LogP contribution in [0.3, 0.4) is 0 Å². The molecule has 69 heavy (non-hydrogen) atoms. The summed E-state index contributed by atoms with van der Waals surface area (Å²) in [6.45, 7) is 14.0. The van der Waals surface area contributed by atoms with Crippen LogP contribution in [-0.4, -0.2) is 0 Å². The van der Waals surface area contributed by atoms with Crippen LogP contribution in [0, 0.1) is 13.8 Å². The molecule has 0 saturated carbocycles. The molecule has 2 aliphatic carbocycles. The second-order valence-corrected chi connectivity index (χ2v) is 20.6. The summed E-state index contributed by atoms with van der Waals surface area (Å²) in [4.78, 5) is 2.52. The van der Waals surface area contributed by atoms with Crippen molar-refractivity contribution in [2.45, 2.75) is 52.4 Å². The highest BCUT2D eigenvalue weighted by atomic mass is 15.1. The molecule has 0 bridgehead atoms. The first kappa shape index (κ1) is 41.2. The van der Waals surface area contributed by atoms with E-state index in [-0.39, 0.29) is 10.8 Å². The standard InChI is InChI=1S/C68H53N/c1-42-35-43(2)37-46(36-42)58-41-57(44-19-9-7-10-20-44)65-55-26-14-13-23-50(55)59-38-47(31-34-56(59)66(65)64(58)45-21-11-8-12-22-45)69(48-29-32-53-51-24-15-17-27-60(51)67(3,4)62(53)39-48)49-30-33-54-52-25-16-18-28-61(52)68(5,6)63(54)40-49/h7-41H,1-6H3. The Balaban J connectivity index is 1.13. The summed E-state index contributed by atoms with van der Waals surface area (Å²) in [7, 11) is 0. The van der Waals surface area contributed by atoms with Crippen molar-refractivity contribution in [2.75, 3.05) is 4.90 Å². The molecule has 0 heterocycles. The van der Waals surface area contributed by atoms with Crippen molar-refractivity contribution in [1.82, 2.24) is 0 Å². The van der Waals surface area contributed by atoms with Crippen LogP contribution in [0.4, 0.5) is 17.1 Å². The Morgan fingerprint density at radius 3 is 1.35 bits per heavy atom. The van der Waals surface area contributed by atoms with Gasteiger partial charge in [0.05, 0.1) is 0 Å². The minimum absolute atomic E-state index is 0.147. The predicted octanol–water partition coefficient (Wildman–Crippen LogP) is 18.8. The fourth-order valence-electron chi connectivity index (χ4n) is 12.5. The third-order valence-corrected chi connectivity index (χ3v) is 15.7. The van der Waals surface area contributed by atoms with Gasteiger partial charge in [0.1, 0.15) is 0 Å². The Morgan fingerprint density at radius 1 is 0.290 bits per heavy atom. The molecule has 0 saturated heterocycles. The molecule has 0 fully saturated rings. The zero-order valence-corrected chi connectivity index (χ0v) is 40.2. The summed E-state index contributed by atoms with van der Waals surface area (Å²) in [5.74, 6) is 0. The second-order valence-electron chi connectivity index (χ2n) is 20.6. The molecule has 1 heteroatoms. The highest BCUT2D eigenvalue weighted by molar-refractivity contribution is 6.33. The summed E-state index contributed by atoms with van der Waals surface area (Å²) in [6, 6.07) is 80.3. The number of benzene rings is 11. The summed E-state index contributed by atoms with van der Waals surface area (Å²) in [6.07, 6.45) is 0. The first-order valence-corrected chi connectivity index (χ1v) is 24.5. The van der Waals surface area contributed by atoms with Crippen molar-refractivity contribution in [2.24, 2.45) is 0 Å². The molecule has 11 aromatic carbocycles. The van der Waals surface area contributed by atoms with Crippen LogP contribution in [0.5, 0.6) is 0 Å². The smallest absolute Gasteiger partial charge is 0.0468 e. The molecule has 0 unspecified atom stereocenters. The fourth-order valence-corrected chi connectivity index (χ4v) is 12.5. The maximum absolute atomic E-state index is 2.52. The number of anilines is 3. The van der Waals surface area contributed by atoms with Gasteiger partial charge in [-0.25, -0.2) is 0 Å². The fraction of sp³-hybridized carbons (Fsp3) is 0.118. The highest BCUT2D eigenvalue weighted by Gasteiger charge is 2.38. The third-order valence-electron chi connectivity index (χ3n) is 15.7. The van der Waals surface area contributed by atoms with Crippen LogP contribution < -0.4 is 4.90 Å². The van der Waals surface area contributed by atoms with Crippen molar-refractivity contribution in [3.05, 3.63) is 246 Å². The van der Waals surface area contributed by atoms with E-state index in [1.807, 2.05) is 0 Å². The van der Waals surface area contributed by atoms with Crippen LogP contribution in [0.2, 0.25) is 0 Å². The maximum Gasteiger partial charge on any atom is 0.0468 e. The Bertz CT molecular complexity index is 3780. The molecule has 11 aromatic rings. The maximum atomic E-state index is 2.52. The molecular weight excluding hydrogens is 831 g/mol. The topological polar surface area (TPSA) is 3.24 Å². The number of nitrogens with zero attached hydrogens (tertiary/aromatic N) is 1. The Labute approximate surface area is 406 Å². The predicted molar refractivity (Wildman–Crippen MR) is 295 cm³/mol. The zero-order valence-electron chi connectivity index (χ0n) is 40.2. The minimum atomic E-state index is -0.147. The van der Waals surface area contributed by atoms with Gasteiger partial charge in [0.2, 0.25) is 0 Å². The molecule has 13 rings (SSSR count). The van der Waals surface area contributed by atoms with Gasteiger partial charge < -0.3 is 4.90 Å². The third kappa shape index (κ3) is 6.23. The quantitative estimate of drug-likeness (QED) is 0.150. The van der Waals surface area contributed by atoms with Gasteiger partial charge in [-0.15, -0.1) is 0 Å². The Hall–Kier alpha value is -8.00. The van der Waals surface area contributed by atoms with Crippen molar-refractivity contribution in [3.8, 4) is 55.6 Å². The minimum Gasteiger partial charge on any atom is -0.310 e. The van der Waals surface area contributed by atoms with E-state index in [1.54, 1.807) is 0 Å². The van der Waals surface area contributed by atoms with Crippen molar-refractivity contribution in [1.29, 1.82) is 0 Å². The van der Waals surface area contributed by atoms with E-state index in [2.05, 4.69) is 259 Å². The van der Waals surface area contributed by atoms with E-state index in [4.69, 9.17) is 0 Å². The lowest BCUT2D eigenvalue weighted by atomic mass is 9.81. The van der Waals surface area contributed by atoms with Gasteiger partial charge in [-0.2, -0.15) is 0 Å². The van der Waals surface area contributed by atoms with E-state index < -0.39 is 0 Å². The molecular formula is C68H53N. The lowest BCUT2D eigenvalue weighted by molar-refractivity contribution is 0.660. The number of hydrogen-bond donors (Lipinski definition) is 0. The van der Waals surface area contributed by atoms with Gasteiger partial charge in [0.25, 0.3) is 0 Å². The van der Waals surface area contributed by atoms with Crippen LogP contribution in [0.1, 0.15) is 61.1 Å². The zero-order chi connectivity index (χ0) is 46.8. The van der Waals surface area contributed by atoms with Gasteiger partial charge in [-0.3, -0.25) is 0 Å². The van der Waals surface area contributed by atoms with E-state index in [1.165, 1.54) is 121 Å². The average molecular weight is 884 g/mol. The molecule has 2 aliphatic rings. The van der Waals surface area contributed by atoms with Gasteiger partial charge >= 0.3 is 0 Å². The van der Waals surface area contributed by atoms with E-state index in [0.29, 0.717) is 0 Å². The first-order chi connectivity index (χ1) is 33.6. The van der Waals surface area contributed by atoms with Crippen molar-refractivity contribution >= 4 is 49.4 Å². The molecule has 0 atom stereocenters. The van der Waals surface area contributed by atoms with Gasteiger partial charge in [0, 0.05) is 27.9 Å². The van der Waals surface area contributed by atoms with E-state index in [9.17, 15) is 0 Å². The Morgan fingerprint density at radius 2 is 0.754 bits per heavy atom. The first-order valence-electron chi connectivity index (χ1n) is 24.5. The number of rotatable bonds is 6. The lowest BCUT2D eigenvalue weighted by Gasteiger charge is -2.30. The van der Waals surface area contributed by atoms with E-state index >= 15 is 0 Å². The average Bonchev–Trinajstić information content (AvgIpc) is 3.75. The van der Waals surface area contributed by atoms with E-state index in [0.717, 1.165) is 17.1 Å². The Kier molecular flexibility index (Phi) is 9.11. The van der Waals surface area contributed by atoms with Crippen molar-refractivity contribution < 1.29 is 0 Å². The molecule has 0 spiro atoms. The summed E-state index contributed by atoms with van der Waals surface area (Å²) < 4.78 is 0. The number of hydrogen-bond acceptors (Lipinski definition) is 1. The molecule has 0 amide bonds. The largest absolute Gasteiger partial charge is 0.310 e. The number of aryl methyl sites for hydroxylation is 2.